The quantitative estimate of drug-likeness (QED) is 0.839. The molecule has 0 aromatic heterocycles. The van der Waals surface area contributed by atoms with Gasteiger partial charge in [0.2, 0.25) is 5.91 Å². The first-order valence-electron chi connectivity index (χ1n) is 6.76. The van der Waals surface area contributed by atoms with Crippen LogP contribution in [0.1, 0.15) is 18.1 Å². The van der Waals surface area contributed by atoms with Crippen molar-refractivity contribution in [2.24, 2.45) is 0 Å². The molecule has 4 heteroatoms. The summed E-state index contributed by atoms with van der Waals surface area (Å²) in [6.45, 7) is 5.83. The van der Waals surface area contributed by atoms with E-state index in [-0.39, 0.29) is 17.0 Å². The summed E-state index contributed by atoms with van der Waals surface area (Å²) in [5.41, 5.74) is 3.04. The van der Waals surface area contributed by atoms with E-state index in [0.717, 1.165) is 16.1 Å². The summed E-state index contributed by atoms with van der Waals surface area (Å²) in [5.74, 6) is -0.331. The van der Waals surface area contributed by atoms with Crippen LogP contribution < -0.4 is 5.32 Å². The molecular formula is C17H18FNOS. The minimum atomic E-state index is -0.272. The van der Waals surface area contributed by atoms with Crippen molar-refractivity contribution in [3.63, 3.8) is 0 Å². The lowest BCUT2D eigenvalue weighted by Gasteiger charge is -2.14. The molecular weight excluding hydrogens is 285 g/mol. The van der Waals surface area contributed by atoms with Crippen molar-refractivity contribution in [2.75, 3.05) is 5.32 Å². The average molecular weight is 303 g/mol. The molecule has 2 nitrogen and oxygen atoms in total. The maximum Gasteiger partial charge on any atom is 0.237 e. The third-order valence-corrected chi connectivity index (χ3v) is 4.25. The first kappa shape index (κ1) is 15.6. The van der Waals surface area contributed by atoms with E-state index in [0.29, 0.717) is 0 Å². The Morgan fingerprint density at radius 2 is 1.81 bits per heavy atom. The number of benzene rings is 2. The Kier molecular flexibility index (Phi) is 5.02. The summed E-state index contributed by atoms with van der Waals surface area (Å²) in [6.07, 6.45) is 0. The van der Waals surface area contributed by atoms with Crippen LogP contribution in [-0.4, -0.2) is 11.2 Å². The predicted molar refractivity (Wildman–Crippen MR) is 86.3 cm³/mol. The number of halogens is 1. The Morgan fingerprint density at radius 3 is 2.43 bits per heavy atom. The highest BCUT2D eigenvalue weighted by Crippen LogP contribution is 2.25. The van der Waals surface area contributed by atoms with E-state index in [1.54, 1.807) is 12.1 Å². The van der Waals surface area contributed by atoms with E-state index in [1.807, 2.05) is 39.0 Å². The smallest absolute Gasteiger partial charge is 0.237 e. The molecule has 0 spiro atoms. The summed E-state index contributed by atoms with van der Waals surface area (Å²) in [4.78, 5) is 13.1. The number of hydrogen-bond donors (Lipinski definition) is 1. The number of rotatable bonds is 4. The van der Waals surface area contributed by atoms with Gasteiger partial charge >= 0.3 is 0 Å². The van der Waals surface area contributed by atoms with E-state index in [4.69, 9.17) is 0 Å². The van der Waals surface area contributed by atoms with E-state index >= 15 is 0 Å². The van der Waals surface area contributed by atoms with Crippen LogP contribution >= 0.6 is 11.8 Å². The van der Waals surface area contributed by atoms with Gasteiger partial charge in [-0.3, -0.25) is 4.79 Å². The van der Waals surface area contributed by atoms with Crippen LogP contribution in [0.2, 0.25) is 0 Å². The van der Waals surface area contributed by atoms with E-state index in [9.17, 15) is 9.18 Å². The molecule has 1 unspecified atom stereocenters. The number of aryl methyl sites for hydroxylation is 2. The van der Waals surface area contributed by atoms with Crippen LogP contribution in [0.3, 0.4) is 0 Å². The van der Waals surface area contributed by atoms with E-state index in [2.05, 4.69) is 5.32 Å². The third-order valence-electron chi connectivity index (χ3n) is 3.14. The summed E-state index contributed by atoms with van der Waals surface area (Å²) in [7, 11) is 0. The highest BCUT2D eigenvalue weighted by molar-refractivity contribution is 8.00. The van der Waals surface area contributed by atoms with Gasteiger partial charge in [0.15, 0.2) is 0 Å². The topological polar surface area (TPSA) is 29.1 Å². The molecule has 1 atom stereocenters. The van der Waals surface area contributed by atoms with Gasteiger partial charge in [-0.15, -0.1) is 11.8 Å². The second-order valence-corrected chi connectivity index (χ2v) is 6.44. The molecule has 0 saturated heterocycles. The molecule has 2 aromatic rings. The van der Waals surface area contributed by atoms with Gasteiger partial charge < -0.3 is 5.32 Å². The zero-order chi connectivity index (χ0) is 15.4. The van der Waals surface area contributed by atoms with Crippen molar-refractivity contribution in [3.8, 4) is 0 Å². The van der Waals surface area contributed by atoms with Crippen molar-refractivity contribution >= 4 is 23.4 Å². The SMILES string of the molecule is Cc1ccc(NC(=O)C(C)Sc2ccc(F)cc2)c(C)c1. The fraction of sp³-hybridized carbons (Fsp3) is 0.235. The molecule has 2 aromatic carbocycles. The Hall–Kier alpha value is -1.81. The maximum absolute atomic E-state index is 12.9. The fourth-order valence-corrected chi connectivity index (χ4v) is 2.83. The summed E-state index contributed by atoms with van der Waals surface area (Å²) >= 11 is 1.41. The first-order valence-corrected chi connectivity index (χ1v) is 7.64. The van der Waals surface area contributed by atoms with Gasteiger partial charge in [0.1, 0.15) is 5.82 Å². The highest BCUT2D eigenvalue weighted by Gasteiger charge is 2.15. The summed E-state index contributed by atoms with van der Waals surface area (Å²) in [5, 5.41) is 2.68. The van der Waals surface area contributed by atoms with Crippen LogP contribution in [0.15, 0.2) is 47.4 Å². The first-order chi connectivity index (χ1) is 9.95. The van der Waals surface area contributed by atoms with Gasteiger partial charge in [-0.05, 0) is 56.7 Å². The zero-order valence-electron chi connectivity index (χ0n) is 12.3. The van der Waals surface area contributed by atoms with Gasteiger partial charge in [0, 0.05) is 10.6 Å². The highest BCUT2D eigenvalue weighted by atomic mass is 32.2. The van der Waals surface area contributed by atoms with Crippen molar-refractivity contribution in [3.05, 3.63) is 59.4 Å². The fourth-order valence-electron chi connectivity index (χ4n) is 1.96. The van der Waals surface area contributed by atoms with Crippen LogP contribution in [0.25, 0.3) is 0 Å². The van der Waals surface area contributed by atoms with Crippen molar-refractivity contribution in [1.29, 1.82) is 0 Å². The Morgan fingerprint density at radius 1 is 1.14 bits per heavy atom. The molecule has 0 aliphatic heterocycles. The summed E-state index contributed by atoms with van der Waals surface area (Å²) < 4.78 is 12.9. The number of anilines is 1. The maximum atomic E-state index is 12.9. The molecule has 1 N–H and O–H groups in total. The van der Waals surface area contributed by atoms with Gasteiger partial charge in [-0.1, -0.05) is 17.7 Å². The van der Waals surface area contributed by atoms with Crippen molar-refractivity contribution in [2.45, 2.75) is 30.9 Å². The lowest BCUT2D eigenvalue weighted by Crippen LogP contribution is -2.22. The lowest BCUT2D eigenvalue weighted by molar-refractivity contribution is -0.115. The monoisotopic (exact) mass is 303 g/mol. The number of thioether (sulfide) groups is 1. The molecule has 21 heavy (non-hydrogen) atoms. The third kappa shape index (κ3) is 4.33. The molecule has 0 bridgehead atoms. The standard InChI is InChI=1S/C17H18FNOS/c1-11-4-9-16(12(2)10-11)19-17(20)13(3)21-15-7-5-14(18)6-8-15/h4-10,13H,1-3H3,(H,19,20). The predicted octanol–water partition coefficient (Wildman–Crippen LogP) is 4.56. The minimum absolute atomic E-state index is 0.0590. The van der Waals surface area contributed by atoms with Crippen LogP contribution in [0.4, 0.5) is 10.1 Å². The molecule has 1 amide bonds. The normalized spacial score (nSPS) is 12.0. The zero-order valence-corrected chi connectivity index (χ0v) is 13.1. The van der Waals surface area contributed by atoms with Gasteiger partial charge in [-0.2, -0.15) is 0 Å². The van der Waals surface area contributed by atoms with Gasteiger partial charge in [0.05, 0.1) is 5.25 Å². The van der Waals surface area contributed by atoms with Gasteiger partial charge in [0.25, 0.3) is 0 Å². The molecule has 0 aliphatic carbocycles. The molecule has 0 radical (unpaired) electrons. The second-order valence-electron chi connectivity index (χ2n) is 5.02. The number of amides is 1. The number of carbonyl (C=O) groups is 1. The Labute approximate surface area is 128 Å². The molecule has 110 valence electrons. The average Bonchev–Trinajstić information content (AvgIpc) is 2.44. The Balaban J connectivity index is 2.00. The van der Waals surface area contributed by atoms with Crippen LogP contribution in [0, 0.1) is 19.7 Å². The van der Waals surface area contributed by atoms with Crippen molar-refractivity contribution in [1.82, 2.24) is 0 Å². The molecule has 0 saturated carbocycles. The largest absolute Gasteiger partial charge is 0.325 e. The van der Waals surface area contributed by atoms with E-state index < -0.39 is 0 Å². The Bertz CT molecular complexity index is 640. The molecule has 2 rings (SSSR count). The van der Waals surface area contributed by atoms with Crippen LogP contribution in [-0.2, 0) is 4.79 Å². The lowest BCUT2D eigenvalue weighted by atomic mass is 10.1. The number of hydrogen-bond acceptors (Lipinski definition) is 2. The molecule has 0 heterocycles. The van der Waals surface area contributed by atoms with Crippen LogP contribution in [0.5, 0.6) is 0 Å². The van der Waals surface area contributed by atoms with Crippen molar-refractivity contribution < 1.29 is 9.18 Å². The second kappa shape index (κ2) is 6.76. The summed E-state index contributed by atoms with van der Waals surface area (Å²) in [6, 6.07) is 12.1. The van der Waals surface area contributed by atoms with Gasteiger partial charge in [-0.25, -0.2) is 4.39 Å². The molecule has 0 fully saturated rings. The molecule has 0 aliphatic rings. The number of nitrogens with one attached hydrogen (secondary N) is 1. The number of carbonyl (C=O) groups excluding carboxylic acids is 1. The van der Waals surface area contributed by atoms with E-state index in [1.165, 1.54) is 29.5 Å². The minimum Gasteiger partial charge on any atom is -0.325 e.